The molecule has 0 bridgehead atoms. The molecule has 0 fully saturated rings. The summed E-state index contributed by atoms with van der Waals surface area (Å²) in [6, 6.07) is 12.2. The van der Waals surface area contributed by atoms with Crippen LogP contribution in [0, 0.1) is 24.5 Å². The van der Waals surface area contributed by atoms with Crippen LogP contribution in [0.15, 0.2) is 42.5 Å². The van der Waals surface area contributed by atoms with Gasteiger partial charge in [-0.15, -0.1) is 0 Å². The molecule has 0 N–H and O–H groups in total. The van der Waals surface area contributed by atoms with E-state index in [-0.39, 0.29) is 5.92 Å². The van der Waals surface area contributed by atoms with E-state index in [0.717, 1.165) is 17.8 Å². The molecule has 0 heterocycles. The second-order valence-electron chi connectivity index (χ2n) is 5.15. The van der Waals surface area contributed by atoms with E-state index in [4.69, 9.17) is 0 Å². The molecular weight excluding hydrogens is 322 g/mol. The number of aryl methyl sites for hydroxylation is 1. The summed E-state index contributed by atoms with van der Waals surface area (Å²) in [5, 5.41) is 0.789. The summed E-state index contributed by atoms with van der Waals surface area (Å²) in [5.41, 5.74) is 3.04. The first kappa shape index (κ1) is 15.2. The maximum atomic E-state index is 13.7. The summed E-state index contributed by atoms with van der Waals surface area (Å²) in [6.07, 6.45) is 1.48. The Kier molecular flexibility index (Phi) is 5.30. The van der Waals surface area contributed by atoms with Crippen molar-refractivity contribution in [2.24, 2.45) is 5.92 Å². The molecule has 2 aromatic carbocycles. The zero-order chi connectivity index (χ0) is 14.5. The van der Waals surface area contributed by atoms with Crippen molar-refractivity contribution in [2.75, 3.05) is 5.33 Å². The van der Waals surface area contributed by atoms with Gasteiger partial charge in [-0.1, -0.05) is 51.8 Å². The van der Waals surface area contributed by atoms with Gasteiger partial charge in [0.15, 0.2) is 0 Å². The van der Waals surface area contributed by atoms with Crippen LogP contribution in [-0.4, -0.2) is 5.33 Å². The van der Waals surface area contributed by atoms with Crippen LogP contribution in [0.2, 0.25) is 0 Å². The van der Waals surface area contributed by atoms with Crippen molar-refractivity contribution >= 4 is 15.9 Å². The number of halogens is 3. The molecule has 0 aromatic heterocycles. The average Bonchev–Trinajstić information content (AvgIpc) is 2.43. The Balaban J connectivity index is 2.07. The second-order valence-corrected chi connectivity index (χ2v) is 5.80. The Bertz CT molecular complexity index is 564. The molecule has 0 saturated carbocycles. The van der Waals surface area contributed by atoms with Gasteiger partial charge in [-0.2, -0.15) is 0 Å². The van der Waals surface area contributed by atoms with Crippen molar-refractivity contribution in [3.8, 4) is 0 Å². The number of hydrogen-bond donors (Lipinski definition) is 0. The van der Waals surface area contributed by atoms with Gasteiger partial charge in [0.05, 0.1) is 0 Å². The van der Waals surface area contributed by atoms with Gasteiger partial charge in [-0.05, 0) is 42.9 Å². The highest BCUT2D eigenvalue weighted by atomic mass is 79.9. The molecule has 0 amide bonds. The maximum absolute atomic E-state index is 13.7. The van der Waals surface area contributed by atoms with Crippen LogP contribution in [0.3, 0.4) is 0 Å². The molecule has 0 nitrogen and oxygen atoms in total. The van der Waals surface area contributed by atoms with Crippen LogP contribution in [-0.2, 0) is 12.8 Å². The van der Waals surface area contributed by atoms with E-state index in [1.807, 2.05) is 0 Å². The Labute approximate surface area is 127 Å². The van der Waals surface area contributed by atoms with Gasteiger partial charge in [0.25, 0.3) is 0 Å². The molecule has 2 rings (SSSR count). The lowest BCUT2D eigenvalue weighted by Crippen LogP contribution is -2.11. The zero-order valence-corrected chi connectivity index (χ0v) is 13.0. The van der Waals surface area contributed by atoms with Gasteiger partial charge >= 0.3 is 0 Å². The molecule has 0 aliphatic heterocycles. The first-order valence-electron chi connectivity index (χ1n) is 6.64. The lowest BCUT2D eigenvalue weighted by Gasteiger charge is -2.15. The van der Waals surface area contributed by atoms with Gasteiger partial charge in [-0.3, -0.25) is 0 Å². The smallest absolute Gasteiger partial charge is 0.129 e. The Morgan fingerprint density at radius 2 is 1.70 bits per heavy atom. The molecule has 0 aliphatic carbocycles. The zero-order valence-electron chi connectivity index (χ0n) is 11.4. The molecule has 1 unspecified atom stereocenters. The first-order chi connectivity index (χ1) is 9.58. The molecule has 3 heteroatoms. The summed E-state index contributed by atoms with van der Waals surface area (Å²) in [6.45, 7) is 2.06. The summed E-state index contributed by atoms with van der Waals surface area (Å²) < 4.78 is 26.6. The highest BCUT2D eigenvalue weighted by Gasteiger charge is 2.13. The fraction of sp³-hybridized carbons (Fsp3) is 0.294. The molecule has 2 aromatic rings. The number of rotatable bonds is 5. The minimum Gasteiger partial charge on any atom is -0.207 e. The predicted molar refractivity (Wildman–Crippen MR) is 82.2 cm³/mol. The monoisotopic (exact) mass is 338 g/mol. The summed E-state index contributed by atoms with van der Waals surface area (Å²) >= 11 is 3.49. The Morgan fingerprint density at radius 1 is 1.00 bits per heavy atom. The van der Waals surface area contributed by atoms with Gasteiger partial charge in [0.1, 0.15) is 11.6 Å². The standard InChI is InChI=1S/C17H17BrF2/c1-12-2-4-13(5-3-12)8-14(11-18)9-15-6-7-16(19)10-17(15)20/h2-7,10,14H,8-9,11H2,1H3. The lowest BCUT2D eigenvalue weighted by molar-refractivity contribution is 0.537. The topological polar surface area (TPSA) is 0 Å². The Hall–Kier alpha value is -1.22. The van der Waals surface area contributed by atoms with E-state index in [9.17, 15) is 8.78 Å². The van der Waals surface area contributed by atoms with Gasteiger partial charge in [-0.25, -0.2) is 8.78 Å². The minimum atomic E-state index is -0.528. The van der Waals surface area contributed by atoms with E-state index < -0.39 is 11.6 Å². The maximum Gasteiger partial charge on any atom is 0.129 e. The van der Waals surface area contributed by atoms with Crippen molar-refractivity contribution in [1.29, 1.82) is 0 Å². The van der Waals surface area contributed by atoms with Crippen molar-refractivity contribution in [3.63, 3.8) is 0 Å². The van der Waals surface area contributed by atoms with Crippen LogP contribution in [0.25, 0.3) is 0 Å². The van der Waals surface area contributed by atoms with Crippen molar-refractivity contribution in [2.45, 2.75) is 19.8 Å². The highest BCUT2D eigenvalue weighted by molar-refractivity contribution is 9.09. The highest BCUT2D eigenvalue weighted by Crippen LogP contribution is 2.20. The fourth-order valence-corrected chi connectivity index (χ4v) is 2.69. The third-order valence-electron chi connectivity index (χ3n) is 3.39. The van der Waals surface area contributed by atoms with Crippen LogP contribution in [0.1, 0.15) is 16.7 Å². The third-order valence-corrected chi connectivity index (χ3v) is 4.30. The quantitative estimate of drug-likeness (QED) is 0.667. The van der Waals surface area contributed by atoms with Crippen LogP contribution in [0.4, 0.5) is 8.78 Å². The third kappa shape index (κ3) is 4.14. The van der Waals surface area contributed by atoms with Crippen LogP contribution in [0.5, 0.6) is 0 Å². The first-order valence-corrected chi connectivity index (χ1v) is 7.76. The molecule has 0 aliphatic rings. The van der Waals surface area contributed by atoms with Gasteiger partial charge in [0, 0.05) is 11.4 Å². The molecule has 1 atom stereocenters. The SMILES string of the molecule is Cc1ccc(CC(CBr)Cc2ccc(F)cc2F)cc1. The average molecular weight is 339 g/mol. The molecule has 106 valence electrons. The molecule has 20 heavy (non-hydrogen) atoms. The lowest BCUT2D eigenvalue weighted by atomic mass is 9.93. The number of hydrogen-bond acceptors (Lipinski definition) is 0. The van der Waals surface area contributed by atoms with Crippen LogP contribution < -0.4 is 0 Å². The van der Waals surface area contributed by atoms with Gasteiger partial charge < -0.3 is 0 Å². The van der Waals surface area contributed by atoms with Crippen molar-refractivity contribution < 1.29 is 8.78 Å². The van der Waals surface area contributed by atoms with Crippen LogP contribution >= 0.6 is 15.9 Å². The predicted octanol–water partition coefficient (Wildman–Crippen LogP) is 5.07. The minimum absolute atomic E-state index is 0.290. The van der Waals surface area contributed by atoms with E-state index in [1.54, 1.807) is 0 Å². The number of alkyl halides is 1. The molecule has 0 spiro atoms. The van der Waals surface area contributed by atoms with E-state index >= 15 is 0 Å². The number of benzene rings is 2. The largest absolute Gasteiger partial charge is 0.207 e. The summed E-state index contributed by atoms with van der Waals surface area (Å²) in [7, 11) is 0. The Morgan fingerprint density at radius 3 is 2.30 bits per heavy atom. The van der Waals surface area contributed by atoms with E-state index in [1.165, 1.54) is 23.3 Å². The second kappa shape index (κ2) is 6.98. The fourth-order valence-electron chi connectivity index (χ4n) is 2.24. The van der Waals surface area contributed by atoms with Crippen molar-refractivity contribution in [1.82, 2.24) is 0 Å². The van der Waals surface area contributed by atoms with E-state index in [2.05, 4.69) is 47.1 Å². The normalized spacial score (nSPS) is 12.4. The van der Waals surface area contributed by atoms with Gasteiger partial charge in [0.2, 0.25) is 0 Å². The molecule has 0 radical (unpaired) electrons. The molecule has 0 saturated heterocycles. The summed E-state index contributed by atoms with van der Waals surface area (Å²) in [5.74, 6) is -0.697. The molecular formula is C17H17BrF2. The van der Waals surface area contributed by atoms with Crippen molar-refractivity contribution in [3.05, 3.63) is 70.8 Å². The van der Waals surface area contributed by atoms with E-state index in [0.29, 0.717) is 12.0 Å². The summed E-state index contributed by atoms with van der Waals surface area (Å²) in [4.78, 5) is 0.